The molecule has 0 saturated heterocycles. The van der Waals surface area contributed by atoms with Gasteiger partial charge in [-0.1, -0.05) is 52.6 Å². The minimum Gasteiger partial charge on any atom is -0.452 e. The molecule has 3 aromatic rings. The van der Waals surface area contributed by atoms with Crippen LogP contribution in [-0.4, -0.2) is 23.6 Å². The van der Waals surface area contributed by atoms with Crippen LogP contribution in [-0.2, 0) is 9.53 Å². The van der Waals surface area contributed by atoms with Gasteiger partial charge < -0.3 is 14.6 Å². The molecular weight excluding hydrogens is 391 g/mol. The molecule has 0 saturated carbocycles. The zero-order chi connectivity index (χ0) is 19.4. The molecule has 0 radical (unpaired) electrons. The summed E-state index contributed by atoms with van der Waals surface area (Å²) in [6.07, 6.45) is 0. The Morgan fingerprint density at radius 3 is 2.67 bits per heavy atom. The van der Waals surface area contributed by atoms with Crippen molar-refractivity contribution < 1.29 is 18.8 Å². The van der Waals surface area contributed by atoms with Crippen molar-refractivity contribution in [3.8, 4) is 11.3 Å². The quantitative estimate of drug-likeness (QED) is 0.620. The zero-order valence-electron chi connectivity index (χ0n) is 14.2. The smallest absolute Gasteiger partial charge is 0.344 e. The predicted molar refractivity (Wildman–Crippen MR) is 102 cm³/mol. The van der Waals surface area contributed by atoms with E-state index >= 15 is 0 Å². The van der Waals surface area contributed by atoms with Crippen molar-refractivity contribution in [3.05, 3.63) is 69.9 Å². The summed E-state index contributed by atoms with van der Waals surface area (Å²) >= 11 is 12.0. The highest BCUT2D eigenvalue weighted by Gasteiger charge is 2.24. The number of rotatable bonds is 5. The van der Waals surface area contributed by atoms with Gasteiger partial charge >= 0.3 is 5.97 Å². The Morgan fingerprint density at radius 2 is 1.93 bits per heavy atom. The summed E-state index contributed by atoms with van der Waals surface area (Å²) in [5.41, 5.74) is 1.42. The van der Waals surface area contributed by atoms with Crippen molar-refractivity contribution in [2.75, 3.05) is 11.9 Å². The molecule has 138 valence electrons. The van der Waals surface area contributed by atoms with E-state index in [0.29, 0.717) is 21.3 Å². The van der Waals surface area contributed by atoms with Crippen LogP contribution < -0.4 is 5.32 Å². The van der Waals surface area contributed by atoms with E-state index in [2.05, 4.69) is 10.5 Å². The van der Waals surface area contributed by atoms with Crippen molar-refractivity contribution in [2.24, 2.45) is 0 Å². The number of benzene rings is 2. The van der Waals surface area contributed by atoms with Gasteiger partial charge in [0.25, 0.3) is 5.91 Å². The van der Waals surface area contributed by atoms with Gasteiger partial charge in [-0.25, -0.2) is 4.79 Å². The first-order valence-corrected chi connectivity index (χ1v) is 8.65. The van der Waals surface area contributed by atoms with Crippen LogP contribution in [0.1, 0.15) is 16.1 Å². The number of aromatic nitrogens is 1. The van der Waals surface area contributed by atoms with Gasteiger partial charge in [0.15, 0.2) is 6.61 Å². The van der Waals surface area contributed by atoms with Gasteiger partial charge in [0.1, 0.15) is 17.0 Å². The van der Waals surface area contributed by atoms with Gasteiger partial charge in [0, 0.05) is 16.3 Å². The molecule has 1 N–H and O–H groups in total. The number of amides is 1. The van der Waals surface area contributed by atoms with Crippen LogP contribution in [0.3, 0.4) is 0 Å². The van der Waals surface area contributed by atoms with Gasteiger partial charge in [0.05, 0.1) is 5.02 Å². The lowest BCUT2D eigenvalue weighted by Crippen LogP contribution is -2.21. The molecule has 0 fully saturated rings. The summed E-state index contributed by atoms with van der Waals surface area (Å²) in [5, 5.41) is 7.39. The maximum Gasteiger partial charge on any atom is 0.344 e. The number of nitrogens with zero attached hydrogens (tertiary/aromatic N) is 1. The maximum atomic E-state index is 12.5. The Balaban J connectivity index is 1.71. The van der Waals surface area contributed by atoms with Crippen molar-refractivity contribution in [1.82, 2.24) is 5.16 Å². The van der Waals surface area contributed by atoms with Crippen molar-refractivity contribution in [2.45, 2.75) is 6.92 Å². The molecule has 0 bridgehead atoms. The van der Waals surface area contributed by atoms with Crippen LogP contribution in [0, 0.1) is 6.92 Å². The molecule has 27 heavy (non-hydrogen) atoms. The first-order valence-electron chi connectivity index (χ1n) is 7.89. The van der Waals surface area contributed by atoms with Crippen LogP contribution in [0.5, 0.6) is 0 Å². The first kappa shape index (κ1) is 18.9. The second-order valence-corrected chi connectivity index (χ2v) is 6.42. The van der Waals surface area contributed by atoms with E-state index < -0.39 is 18.5 Å². The van der Waals surface area contributed by atoms with Gasteiger partial charge in [-0.05, 0) is 31.2 Å². The van der Waals surface area contributed by atoms with Gasteiger partial charge in [0.2, 0.25) is 0 Å². The van der Waals surface area contributed by atoms with Crippen LogP contribution in [0.4, 0.5) is 5.69 Å². The summed E-state index contributed by atoms with van der Waals surface area (Å²) < 4.78 is 10.2. The average molecular weight is 405 g/mol. The number of carbonyl (C=O) groups is 2. The van der Waals surface area contributed by atoms with Crippen molar-refractivity contribution >= 4 is 40.8 Å². The number of hydrogen-bond donors (Lipinski definition) is 1. The molecule has 1 aromatic heterocycles. The minimum absolute atomic E-state index is 0.124. The van der Waals surface area contributed by atoms with Crippen LogP contribution in [0.25, 0.3) is 11.3 Å². The molecule has 2 aromatic carbocycles. The summed E-state index contributed by atoms with van der Waals surface area (Å²) in [5.74, 6) is -0.964. The molecular formula is C19H14Cl2N2O4. The third-order valence-electron chi connectivity index (χ3n) is 3.64. The van der Waals surface area contributed by atoms with E-state index in [-0.39, 0.29) is 17.0 Å². The lowest BCUT2D eigenvalue weighted by Gasteiger charge is -2.07. The molecule has 1 amide bonds. The maximum absolute atomic E-state index is 12.5. The monoisotopic (exact) mass is 404 g/mol. The van der Waals surface area contributed by atoms with E-state index in [1.165, 1.54) is 0 Å². The van der Waals surface area contributed by atoms with E-state index in [1.54, 1.807) is 55.5 Å². The number of hydrogen-bond acceptors (Lipinski definition) is 5. The highest BCUT2D eigenvalue weighted by atomic mass is 35.5. The van der Waals surface area contributed by atoms with Gasteiger partial charge in [-0.15, -0.1) is 0 Å². The zero-order valence-corrected chi connectivity index (χ0v) is 15.7. The lowest BCUT2D eigenvalue weighted by atomic mass is 10.1. The number of anilines is 1. The second kappa shape index (κ2) is 8.24. The van der Waals surface area contributed by atoms with E-state index in [0.717, 1.165) is 0 Å². The highest BCUT2D eigenvalue weighted by molar-refractivity contribution is 6.33. The number of halogens is 2. The molecule has 0 aliphatic rings. The predicted octanol–water partition coefficient (Wildman–Crippen LogP) is 4.75. The molecule has 3 rings (SSSR count). The third kappa shape index (κ3) is 4.48. The Hall–Kier alpha value is -2.83. The fraction of sp³-hybridized carbons (Fsp3) is 0.105. The molecule has 0 spiro atoms. The Bertz CT molecular complexity index is 1000. The number of ether oxygens (including phenoxy) is 1. The number of esters is 1. The molecule has 8 heteroatoms. The van der Waals surface area contributed by atoms with E-state index in [4.69, 9.17) is 32.5 Å². The fourth-order valence-corrected chi connectivity index (χ4v) is 2.83. The van der Waals surface area contributed by atoms with Crippen LogP contribution in [0.2, 0.25) is 10.0 Å². The molecule has 6 nitrogen and oxygen atoms in total. The average Bonchev–Trinajstić information content (AvgIpc) is 3.01. The minimum atomic E-state index is -0.732. The van der Waals surface area contributed by atoms with E-state index in [1.807, 2.05) is 0 Å². The molecule has 1 heterocycles. The number of carbonyl (C=O) groups excluding carboxylic acids is 2. The van der Waals surface area contributed by atoms with Gasteiger partial charge in [-0.3, -0.25) is 4.79 Å². The second-order valence-electron chi connectivity index (χ2n) is 5.58. The summed E-state index contributed by atoms with van der Waals surface area (Å²) in [6.45, 7) is 1.11. The van der Waals surface area contributed by atoms with Crippen molar-refractivity contribution in [3.63, 3.8) is 0 Å². The Morgan fingerprint density at radius 1 is 1.15 bits per heavy atom. The third-order valence-corrected chi connectivity index (χ3v) is 4.20. The molecule has 0 aliphatic heterocycles. The van der Waals surface area contributed by atoms with Crippen LogP contribution >= 0.6 is 23.2 Å². The lowest BCUT2D eigenvalue weighted by molar-refractivity contribution is -0.119. The number of aryl methyl sites for hydroxylation is 1. The Labute approximate surface area is 165 Å². The highest BCUT2D eigenvalue weighted by Crippen LogP contribution is 2.31. The normalized spacial score (nSPS) is 10.5. The Kier molecular flexibility index (Phi) is 5.78. The fourth-order valence-electron chi connectivity index (χ4n) is 2.42. The molecule has 0 unspecified atom stereocenters. The molecule has 0 atom stereocenters. The van der Waals surface area contributed by atoms with Crippen LogP contribution in [0.15, 0.2) is 53.1 Å². The summed E-state index contributed by atoms with van der Waals surface area (Å²) in [4.78, 5) is 24.5. The first-order chi connectivity index (χ1) is 13.0. The van der Waals surface area contributed by atoms with E-state index in [9.17, 15) is 9.59 Å². The summed E-state index contributed by atoms with van der Waals surface area (Å²) in [7, 11) is 0. The largest absolute Gasteiger partial charge is 0.452 e. The van der Waals surface area contributed by atoms with Gasteiger partial charge in [-0.2, -0.15) is 0 Å². The number of nitrogens with one attached hydrogen (secondary N) is 1. The topological polar surface area (TPSA) is 81.4 Å². The van der Waals surface area contributed by atoms with Crippen molar-refractivity contribution in [1.29, 1.82) is 0 Å². The molecule has 0 aliphatic carbocycles. The summed E-state index contributed by atoms with van der Waals surface area (Å²) in [6, 6.07) is 13.5. The standard InChI is InChI=1S/C19H14Cl2N2O4/c1-11-17(18(23-27-11)14-7-2-3-8-15(14)21)19(25)26-10-16(24)22-13-6-4-5-12(20)9-13/h2-9H,10H2,1H3,(H,22,24). The SMILES string of the molecule is Cc1onc(-c2ccccc2Cl)c1C(=O)OCC(=O)Nc1cccc(Cl)c1.